The Morgan fingerprint density at radius 2 is 1.89 bits per heavy atom. The lowest BCUT2D eigenvalue weighted by atomic mass is 10.1. The molecule has 0 saturated carbocycles. The highest BCUT2D eigenvalue weighted by atomic mass is 31.2. The predicted molar refractivity (Wildman–Crippen MR) is 148 cm³/mol. The number of hydrogen-bond acceptors (Lipinski definition) is 7. The third-order valence-electron chi connectivity index (χ3n) is 7.60. The molecule has 3 rings (SSSR count). The Morgan fingerprint density at radius 3 is 2.57 bits per heavy atom. The summed E-state index contributed by atoms with van der Waals surface area (Å²) in [5.74, 6) is 0. The summed E-state index contributed by atoms with van der Waals surface area (Å²) in [6, 6.07) is 0.391. The molecule has 2 aromatic heterocycles. The molecule has 0 aromatic carbocycles. The van der Waals surface area contributed by atoms with Crippen LogP contribution in [0.4, 0.5) is 0 Å². The summed E-state index contributed by atoms with van der Waals surface area (Å²) in [5, 5.41) is 0. The van der Waals surface area contributed by atoms with Crippen molar-refractivity contribution in [3.05, 3.63) is 23.0 Å². The van der Waals surface area contributed by atoms with Gasteiger partial charge in [0.2, 0.25) is 0 Å². The molecule has 2 aromatic rings. The van der Waals surface area contributed by atoms with Gasteiger partial charge in [0, 0.05) is 24.8 Å². The van der Waals surface area contributed by atoms with E-state index < -0.39 is 7.52 Å². The van der Waals surface area contributed by atoms with Gasteiger partial charge in [-0.15, -0.1) is 0 Å². The molecule has 11 heteroatoms. The Morgan fingerprint density at radius 1 is 1.16 bits per heavy atom. The van der Waals surface area contributed by atoms with Crippen LogP contribution in [0.1, 0.15) is 85.3 Å². The number of fused-ring (bicyclic) bond motifs is 1. The van der Waals surface area contributed by atoms with E-state index in [2.05, 4.69) is 40.6 Å². The molecular weight excluding hydrogens is 491 g/mol. The number of unbranched alkanes of at least 4 members (excludes halogenated alkanes) is 4. The zero-order valence-corrected chi connectivity index (χ0v) is 24.5. The van der Waals surface area contributed by atoms with Crippen molar-refractivity contribution in [1.29, 1.82) is 0 Å². The van der Waals surface area contributed by atoms with E-state index in [4.69, 9.17) is 9.26 Å². The maximum absolute atomic E-state index is 14.0. The zero-order chi connectivity index (χ0) is 27.0. The predicted octanol–water partition coefficient (Wildman–Crippen LogP) is 5.03. The summed E-state index contributed by atoms with van der Waals surface area (Å²) >= 11 is 0. The third kappa shape index (κ3) is 7.30. The van der Waals surface area contributed by atoms with Crippen molar-refractivity contribution in [3.8, 4) is 0 Å². The standard InChI is InChI=1S/C26H47N6O4P/c1-7-10-11-12-13-14-20(4)37(34,30(5)6)35-17-22-15-31(21(8-2)9-3)16-23(36-22)32-19-29-24-25(32)27-18-28-26(24)33/h18-23H,7-17H2,1-6H3,(H,27,28,33)/t20?,22-,23+,37?/m0/s1. The molecule has 1 aliphatic rings. The van der Waals surface area contributed by atoms with Crippen LogP contribution in [0, 0.1) is 0 Å². The van der Waals surface area contributed by atoms with Crippen LogP contribution in [0.15, 0.2) is 17.4 Å². The molecule has 1 aliphatic heterocycles. The van der Waals surface area contributed by atoms with Crippen LogP contribution in [-0.4, -0.2) is 80.7 Å². The minimum Gasteiger partial charge on any atom is -0.350 e. The normalized spacial score (nSPS) is 21.6. The highest BCUT2D eigenvalue weighted by Gasteiger charge is 2.37. The molecule has 2 unspecified atom stereocenters. The van der Waals surface area contributed by atoms with Crippen molar-refractivity contribution < 1.29 is 13.8 Å². The molecular formula is C26H47N6O4P. The monoisotopic (exact) mass is 538 g/mol. The third-order valence-corrected chi connectivity index (χ3v) is 10.6. The first-order chi connectivity index (χ1) is 17.7. The Balaban J connectivity index is 1.75. The van der Waals surface area contributed by atoms with E-state index in [1.807, 2.05) is 25.6 Å². The van der Waals surface area contributed by atoms with Gasteiger partial charge >= 0.3 is 0 Å². The van der Waals surface area contributed by atoms with Crippen molar-refractivity contribution >= 4 is 18.7 Å². The van der Waals surface area contributed by atoms with Gasteiger partial charge in [0.15, 0.2) is 11.2 Å². The molecule has 3 heterocycles. The largest absolute Gasteiger partial charge is 0.350 e. The number of nitrogens with zero attached hydrogens (tertiary/aromatic N) is 5. The fourth-order valence-corrected chi connectivity index (χ4v) is 7.46. The lowest BCUT2D eigenvalue weighted by Gasteiger charge is -2.42. The summed E-state index contributed by atoms with van der Waals surface area (Å²) in [6.45, 7) is 10.2. The summed E-state index contributed by atoms with van der Waals surface area (Å²) in [6.07, 6.45) is 11.2. The van der Waals surface area contributed by atoms with Crippen LogP contribution in [0.3, 0.4) is 0 Å². The number of nitrogens with one attached hydrogen (secondary N) is 1. The average Bonchev–Trinajstić information content (AvgIpc) is 3.33. The first-order valence-corrected chi connectivity index (χ1v) is 15.6. The van der Waals surface area contributed by atoms with E-state index in [1.165, 1.54) is 32.0 Å². The summed E-state index contributed by atoms with van der Waals surface area (Å²) in [4.78, 5) is 25.8. The molecule has 1 fully saturated rings. The molecule has 1 saturated heterocycles. The number of hydrogen-bond donors (Lipinski definition) is 1. The van der Waals surface area contributed by atoms with Gasteiger partial charge in [-0.25, -0.2) is 14.6 Å². The molecule has 210 valence electrons. The number of aromatic nitrogens is 4. The molecule has 0 amide bonds. The Labute approximate surface area is 221 Å². The molecule has 0 aliphatic carbocycles. The molecule has 1 N–H and O–H groups in total. The molecule has 37 heavy (non-hydrogen) atoms. The van der Waals surface area contributed by atoms with Crippen LogP contribution in [0.5, 0.6) is 0 Å². The second-order valence-corrected chi connectivity index (χ2v) is 13.5. The van der Waals surface area contributed by atoms with E-state index in [9.17, 15) is 9.36 Å². The molecule has 0 bridgehead atoms. The maximum Gasteiger partial charge on any atom is 0.278 e. The topological polar surface area (TPSA) is 106 Å². The number of rotatable bonds is 15. The first-order valence-electron chi connectivity index (χ1n) is 14.0. The van der Waals surface area contributed by atoms with Crippen LogP contribution in [0.25, 0.3) is 11.2 Å². The minimum absolute atomic E-state index is 0.0489. The van der Waals surface area contributed by atoms with E-state index in [0.717, 1.165) is 25.7 Å². The number of H-pyrrole nitrogens is 1. The Hall–Kier alpha value is -1.58. The van der Waals surface area contributed by atoms with Gasteiger partial charge in [0.1, 0.15) is 6.23 Å². The fraction of sp³-hybridized carbons (Fsp3) is 0.808. The van der Waals surface area contributed by atoms with Crippen LogP contribution in [0.2, 0.25) is 0 Å². The highest BCUT2D eigenvalue weighted by molar-refractivity contribution is 7.57. The van der Waals surface area contributed by atoms with Gasteiger partial charge < -0.3 is 14.2 Å². The second kappa shape index (κ2) is 14.0. The van der Waals surface area contributed by atoms with Crippen molar-refractivity contribution in [2.24, 2.45) is 0 Å². The SMILES string of the molecule is CCCCCCCC(C)P(=O)(OC[C@@H]1CN(C(CC)CC)C[C@H](n2cnc3c(=O)[nH]cnc32)O1)N(C)C. The van der Waals surface area contributed by atoms with Crippen molar-refractivity contribution in [1.82, 2.24) is 29.1 Å². The van der Waals surface area contributed by atoms with Gasteiger partial charge in [-0.3, -0.25) is 18.8 Å². The molecule has 4 atom stereocenters. The van der Waals surface area contributed by atoms with E-state index >= 15 is 0 Å². The van der Waals surface area contributed by atoms with E-state index in [-0.39, 0.29) is 30.2 Å². The van der Waals surface area contributed by atoms with Crippen LogP contribution < -0.4 is 5.56 Å². The number of imidazole rings is 1. The zero-order valence-electron chi connectivity index (χ0n) is 23.6. The Kier molecular flexibility index (Phi) is 11.3. The lowest BCUT2D eigenvalue weighted by molar-refractivity contribution is -0.139. The second-order valence-electron chi connectivity index (χ2n) is 10.5. The fourth-order valence-electron chi connectivity index (χ4n) is 5.30. The van der Waals surface area contributed by atoms with Crippen LogP contribution in [-0.2, 0) is 13.8 Å². The average molecular weight is 539 g/mol. The summed E-state index contributed by atoms with van der Waals surface area (Å²) in [7, 11) is 0.657. The minimum atomic E-state index is -3.03. The highest BCUT2D eigenvalue weighted by Crippen LogP contribution is 2.55. The van der Waals surface area contributed by atoms with Gasteiger partial charge in [-0.2, -0.15) is 0 Å². The smallest absolute Gasteiger partial charge is 0.278 e. The van der Waals surface area contributed by atoms with Crippen molar-refractivity contribution in [2.45, 2.75) is 103 Å². The van der Waals surface area contributed by atoms with Crippen molar-refractivity contribution in [3.63, 3.8) is 0 Å². The molecule has 10 nitrogen and oxygen atoms in total. The van der Waals surface area contributed by atoms with Gasteiger partial charge in [0.05, 0.1) is 25.4 Å². The van der Waals surface area contributed by atoms with E-state index in [0.29, 0.717) is 30.3 Å². The molecule has 0 radical (unpaired) electrons. The summed E-state index contributed by atoms with van der Waals surface area (Å²) < 4.78 is 30.4. The van der Waals surface area contributed by atoms with E-state index in [1.54, 1.807) is 11.0 Å². The number of morpholine rings is 1. The maximum atomic E-state index is 14.0. The Bertz CT molecular complexity index is 1070. The first kappa shape index (κ1) is 30.0. The van der Waals surface area contributed by atoms with Gasteiger partial charge in [0.25, 0.3) is 13.1 Å². The van der Waals surface area contributed by atoms with Crippen LogP contribution >= 0.6 is 7.52 Å². The lowest BCUT2D eigenvalue weighted by Crippen LogP contribution is -2.51. The van der Waals surface area contributed by atoms with Crippen molar-refractivity contribution in [2.75, 3.05) is 33.8 Å². The van der Waals surface area contributed by atoms with Gasteiger partial charge in [-0.05, 0) is 33.4 Å². The summed E-state index contributed by atoms with van der Waals surface area (Å²) in [5.41, 5.74) is 0.470. The molecule has 0 spiro atoms. The number of aromatic amines is 1. The number of ether oxygens (including phenoxy) is 1. The quantitative estimate of drug-likeness (QED) is 0.249. The van der Waals surface area contributed by atoms with Gasteiger partial charge in [-0.1, -0.05) is 59.8 Å².